The van der Waals surface area contributed by atoms with Gasteiger partial charge in [-0.15, -0.1) is 0 Å². The Morgan fingerprint density at radius 1 is 1.29 bits per heavy atom. The molecule has 21 heavy (non-hydrogen) atoms. The number of ether oxygens (including phenoxy) is 1. The zero-order valence-electron chi connectivity index (χ0n) is 12.7. The molecule has 0 aliphatic carbocycles. The van der Waals surface area contributed by atoms with Crippen LogP contribution in [0.1, 0.15) is 36.1 Å². The van der Waals surface area contributed by atoms with E-state index >= 15 is 0 Å². The Bertz CT molecular complexity index is 601. The summed E-state index contributed by atoms with van der Waals surface area (Å²) in [6.07, 6.45) is 4.36. The van der Waals surface area contributed by atoms with Gasteiger partial charge in [-0.05, 0) is 43.1 Å². The molecular formula is C17H21FN2O. The van der Waals surface area contributed by atoms with E-state index < -0.39 is 0 Å². The van der Waals surface area contributed by atoms with Gasteiger partial charge in [0.1, 0.15) is 11.6 Å². The molecule has 4 heteroatoms. The van der Waals surface area contributed by atoms with E-state index in [1.54, 1.807) is 25.6 Å². The summed E-state index contributed by atoms with van der Waals surface area (Å²) < 4.78 is 19.5. The third-order valence-electron chi connectivity index (χ3n) is 3.37. The van der Waals surface area contributed by atoms with E-state index in [4.69, 9.17) is 4.74 Å². The summed E-state index contributed by atoms with van der Waals surface area (Å²) in [7, 11) is 1.60. The molecule has 1 aromatic carbocycles. The van der Waals surface area contributed by atoms with Gasteiger partial charge in [0.05, 0.1) is 19.3 Å². The van der Waals surface area contributed by atoms with Gasteiger partial charge in [0.2, 0.25) is 0 Å². The Labute approximate surface area is 125 Å². The molecule has 2 rings (SSSR count). The number of hydrogen-bond acceptors (Lipinski definition) is 3. The first-order valence-electron chi connectivity index (χ1n) is 7.14. The highest BCUT2D eigenvalue weighted by atomic mass is 19.1. The predicted octanol–water partition coefficient (Wildman–Crippen LogP) is 3.63. The number of aryl methyl sites for hydroxylation is 1. The van der Waals surface area contributed by atoms with E-state index in [9.17, 15) is 4.39 Å². The molecule has 112 valence electrons. The van der Waals surface area contributed by atoms with Crippen LogP contribution in [0, 0.1) is 12.7 Å². The molecule has 0 saturated heterocycles. The molecule has 0 aliphatic rings. The molecule has 0 fully saturated rings. The summed E-state index contributed by atoms with van der Waals surface area (Å²) in [5.74, 6) is 0.467. The SMILES string of the molecule is CCCNC(c1cncc(OC)c1)c1ccc(C)cc1F. The summed E-state index contributed by atoms with van der Waals surface area (Å²) in [5, 5.41) is 3.38. The largest absolute Gasteiger partial charge is 0.495 e. The first-order chi connectivity index (χ1) is 10.2. The number of hydrogen-bond donors (Lipinski definition) is 1. The Balaban J connectivity index is 2.41. The second-order valence-electron chi connectivity index (χ2n) is 5.07. The van der Waals surface area contributed by atoms with Crippen LogP contribution in [0.5, 0.6) is 5.75 Å². The molecule has 3 nitrogen and oxygen atoms in total. The standard InChI is InChI=1S/C17H21FN2O/c1-4-7-20-17(13-9-14(21-3)11-19-10-13)15-6-5-12(2)8-16(15)18/h5-6,8-11,17,20H,4,7H2,1-3H3. The van der Waals surface area contributed by atoms with Crippen molar-refractivity contribution in [3.05, 3.63) is 59.2 Å². The third-order valence-corrected chi connectivity index (χ3v) is 3.37. The highest BCUT2D eigenvalue weighted by Crippen LogP contribution is 2.26. The molecule has 1 heterocycles. The van der Waals surface area contributed by atoms with E-state index in [1.165, 1.54) is 0 Å². The average Bonchev–Trinajstić information content (AvgIpc) is 2.49. The lowest BCUT2D eigenvalue weighted by Gasteiger charge is -2.20. The maximum atomic E-state index is 14.3. The minimum Gasteiger partial charge on any atom is -0.495 e. The maximum Gasteiger partial charge on any atom is 0.137 e. The number of nitrogens with zero attached hydrogens (tertiary/aromatic N) is 1. The lowest BCUT2D eigenvalue weighted by atomic mass is 9.98. The van der Waals surface area contributed by atoms with Crippen molar-refractivity contribution in [3.63, 3.8) is 0 Å². The van der Waals surface area contributed by atoms with E-state index in [0.29, 0.717) is 11.3 Å². The summed E-state index contributed by atoms with van der Waals surface area (Å²) >= 11 is 0. The number of methoxy groups -OCH3 is 1. The molecule has 2 aromatic rings. The fourth-order valence-electron chi connectivity index (χ4n) is 2.27. The van der Waals surface area contributed by atoms with Gasteiger partial charge in [-0.1, -0.05) is 19.1 Å². The van der Waals surface area contributed by atoms with Crippen molar-refractivity contribution in [2.45, 2.75) is 26.3 Å². The summed E-state index contributed by atoms with van der Waals surface area (Å²) in [5.41, 5.74) is 2.43. The van der Waals surface area contributed by atoms with Crippen molar-refractivity contribution in [2.75, 3.05) is 13.7 Å². The van der Waals surface area contributed by atoms with Crippen molar-refractivity contribution < 1.29 is 9.13 Å². The lowest BCUT2D eigenvalue weighted by Crippen LogP contribution is -2.24. The van der Waals surface area contributed by atoms with Crippen molar-refractivity contribution in [1.29, 1.82) is 0 Å². The molecule has 1 aromatic heterocycles. The number of rotatable bonds is 6. The number of pyridine rings is 1. The van der Waals surface area contributed by atoms with Crippen LogP contribution < -0.4 is 10.1 Å². The Kier molecular flexibility index (Phi) is 5.28. The molecule has 1 unspecified atom stereocenters. The van der Waals surface area contributed by atoms with Crippen LogP contribution in [0.2, 0.25) is 0 Å². The first-order valence-corrected chi connectivity index (χ1v) is 7.14. The molecule has 0 radical (unpaired) electrons. The number of benzene rings is 1. The summed E-state index contributed by atoms with van der Waals surface area (Å²) in [4.78, 5) is 4.17. The summed E-state index contributed by atoms with van der Waals surface area (Å²) in [6.45, 7) is 4.77. The van der Waals surface area contributed by atoms with E-state index in [1.807, 2.05) is 25.1 Å². The van der Waals surface area contributed by atoms with Crippen molar-refractivity contribution in [3.8, 4) is 5.75 Å². The Hall–Kier alpha value is -1.94. The molecular weight excluding hydrogens is 267 g/mol. The monoisotopic (exact) mass is 288 g/mol. The quantitative estimate of drug-likeness (QED) is 0.881. The minimum absolute atomic E-state index is 0.202. The van der Waals surface area contributed by atoms with E-state index in [-0.39, 0.29) is 11.9 Å². The number of halogens is 1. The molecule has 0 bridgehead atoms. The highest BCUT2D eigenvalue weighted by molar-refractivity contribution is 5.36. The zero-order chi connectivity index (χ0) is 15.2. The average molecular weight is 288 g/mol. The van der Waals surface area contributed by atoms with Crippen LogP contribution in [-0.2, 0) is 0 Å². The van der Waals surface area contributed by atoms with Crippen molar-refractivity contribution in [2.24, 2.45) is 0 Å². The van der Waals surface area contributed by atoms with Crippen LogP contribution in [0.15, 0.2) is 36.7 Å². The first kappa shape index (κ1) is 15.4. The second kappa shape index (κ2) is 7.18. The van der Waals surface area contributed by atoms with Crippen molar-refractivity contribution in [1.82, 2.24) is 10.3 Å². The molecule has 0 saturated carbocycles. The molecule has 0 spiro atoms. The predicted molar refractivity (Wildman–Crippen MR) is 82.1 cm³/mol. The number of aromatic nitrogens is 1. The second-order valence-corrected chi connectivity index (χ2v) is 5.07. The van der Waals surface area contributed by atoms with Gasteiger partial charge in [-0.2, -0.15) is 0 Å². The lowest BCUT2D eigenvalue weighted by molar-refractivity contribution is 0.411. The van der Waals surface area contributed by atoms with Crippen LogP contribution >= 0.6 is 0 Å². The minimum atomic E-state index is -0.229. The fraction of sp³-hybridized carbons (Fsp3) is 0.353. The van der Waals surface area contributed by atoms with Crippen LogP contribution in [0.3, 0.4) is 0 Å². The van der Waals surface area contributed by atoms with Gasteiger partial charge in [-0.3, -0.25) is 4.98 Å². The number of nitrogens with one attached hydrogen (secondary N) is 1. The van der Waals surface area contributed by atoms with Crippen LogP contribution in [-0.4, -0.2) is 18.6 Å². The Morgan fingerprint density at radius 2 is 2.10 bits per heavy atom. The van der Waals surface area contributed by atoms with Crippen LogP contribution in [0.4, 0.5) is 4.39 Å². The van der Waals surface area contributed by atoms with Gasteiger partial charge in [-0.25, -0.2) is 4.39 Å². The zero-order valence-corrected chi connectivity index (χ0v) is 12.7. The van der Waals surface area contributed by atoms with Gasteiger partial charge in [0.15, 0.2) is 0 Å². The Morgan fingerprint density at radius 3 is 2.76 bits per heavy atom. The fourth-order valence-corrected chi connectivity index (χ4v) is 2.27. The van der Waals surface area contributed by atoms with E-state index in [2.05, 4.69) is 17.2 Å². The van der Waals surface area contributed by atoms with Crippen molar-refractivity contribution >= 4 is 0 Å². The topological polar surface area (TPSA) is 34.2 Å². The molecule has 0 aliphatic heterocycles. The van der Waals surface area contributed by atoms with E-state index in [0.717, 1.165) is 24.1 Å². The normalized spacial score (nSPS) is 12.2. The van der Waals surface area contributed by atoms with Gasteiger partial charge in [0.25, 0.3) is 0 Å². The van der Waals surface area contributed by atoms with Gasteiger partial charge in [0, 0.05) is 11.8 Å². The smallest absolute Gasteiger partial charge is 0.137 e. The van der Waals surface area contributed by atoms with Crippen LogP contribution in [0.25, 0.3) is 0 Å². The van der Waals surface area contributed by atoms with Gasteiger partial charge >= 0.3 is 0 Å². The van der Waals surface area contributed by atoms with Gasteiger partial charge < -0.3 is 10.1 Å². The summed E-state index contributed by atoms with van der Waals surface area (Å²) in [6, 6.07) is 6.97. The molecule has 1 N–H and O–H groups in total. The highest BCUT2D eigenvalue weighted by Gasteiger charge is 2.18. The third kappa shape index (κ3) is 3.79. The molecule has 0 amide bonds. The maximum absolute atomic E-state index is 14.3. The molecule has 1 atom stereocenters.